The number of carbonyl (C=O) groups is 2. The first kappa shape index (κ1) is 17.7. The maximum atomic E-state index is 13.2. The monoisotopic (exact) mass is 329 g/mol. The first-order valence-electron chi connectivity index (χ1n) is 7.80. The van der Waals surface area contributed by atoms with Crippen LogP contribution in [-0.4, -0.2) is 29.9 Å². The van der Waals surface area contributed by atoms with E-state index in [-0.39, 0.29) is 31.3 Å². The Bertz CT molecular complexity index is 688. The summed E-state index contributed by atoms with van der Waals surface area (Å²) in [4.78, 5) is 25.5. The molecular weight excluding hydrogens is 309 g/mol. The second-order valence-electron chi connectivity index (χ2n) is 5.36. The van der Waals surface area contributed by atoms with Gasteiger partial charge in [0.05, 0.1) is 6.42 Å². The van der Waals surface area contributed by atoms with Crippen molar-refractivity contribution < 1.29 is 18.7 Å². The van der Waals surface area contributed by atoms with Crippen LogP contribution in [0.1, 0.15) is 18.1 Å². The van der Waals surface area contributed by atoms with Gasteiger partial charge in [-0.25, -0.2) is 4.39 Å². The maximum Gasteiger partial charge on any atom is 0.310 e. The Labute approximate surface area is 140 Å². The molecule has 0 bridgehead atoms. The van der Waals surface area contributed by atoms with Crippen molar-refractivity contribution in [1.29, 1.82) is 0 Å². The summed E-state index contributed by atoms with van der Waals surface area (Å²) in [5, 5.41) is 0. The van der Waals surface area contributed by atoms with E-state index in [0.717, 1.165) is 5.56 Å². The van der Waals surface area contributed by atoms with E-state index >= 15 is 0 Å². The van der Waals surface area contributed by atoms with Crippen molar-refractivity contribution in [2.75, 3.05) is 13.2 Å². The molecule has 0 saturated heterocycles. The van der Waals surface area contributed by atoms with Crippen molar-refractivity contribution in [3.63, 3.8) is 0 Å². The lowest BCUT2D eigenvalue weighted by atomic mass is 10.2. The molecule has 0 aromatic heterocycles. The molecule has 1 amide bonds. The van der Waals surface area contributed by atoms with Gasteiger partial charge >= 0.3 is 5.97 Å². The van der Waals surface area contributed by atoms with Crippen LogP contribution in [0.15, 0.2) is 54.6 Å². The lowest BCUT2D eigenvalue weighted by molar-refractivity contribution is -0.151. The zero-order valence-corrected chi connectivity index (χ0v) is 13.6. The van der Waals surface area contributed by atoms with Crippen molar-refractivity contribution in [3.8, 4) is 0 Å². The van der Waals surface area contributed by atoms with Gasteiger partial charge in [-0.1, -0.05) is 42.5 Å². The number of carbonyl (C=O) groups excluding carboxylic acids is 2. The lowest BCUT2D eigenvalue weighted by Crippen LogP contribution is -2.34. The fourth-order valence-electron chi connectivity index (χ4n) is 2.28. The number of benzene rings is 2. The third-order valence-corrected chi connectivity index (χ3v) is 3.54. The van der Waals surface area contributed by atoms with Crippen molar-refractivity contribution in [2.45, 2.75) is 19.9 Å². The van der Waals surface area contributed by atoms with E-state index in [1.165, 1.54) is 17.0 Å². The van der Waals surface area contributed by atoms with Gasteiger partial charge in [-0.05, 0) is 30.2 Å². The summed E-state index contributed by atoms with van der Waals surface area (Å²) < 4.78 is 18.3. The van der Waals surface area contributed by atoms with Crippen molar-refractivity contribution in [2.24, 2.45) is 0 Å². The van der Waals surface area contributed by atoms with Gasteiger partial charge in [-0.15, -0.1) is 0 Å². The second-order valence-corrected chi connectivity index (χ2v) is 5.36. The first-order valence-corrected chi connectivity index (χ1v) is 7.80. The Morgan fingerprint density at radius 2 is 1.75 bits per heavy atom. The fraction of sp³-hybridized carbons (Fsp3) is 0.263. The average molecular weight is 329 g/mol. The number of esters is 1. The van der Waals surface area contributed by atoms with Crippen molar-refractivity contribution >= 4 is 11.9 Å². The highest BCUT2D eigenvalue weighted by Gasteiger charge is 2.15. The number of halogens is 1. The Kier molecular flexibility index (Phi) is 6.49. The number of likely N-dealkylation sites (N-methyl/N-ethyl adjacent to an activating group) is 1. The summed E-state index contributed by atoms with van der Waals surface area (Å²) in [6, 6.07) is 15.3. The van der Waals surface area contributed by atoms with Crippen LogP contribution in [0.5, 0.6) is 0 Å². The van der Waals surface area contributed by atoms with Gasteiger partial charge < -0.3 is 9.64 Å². The Morgan fingerprint density at radius 3 is 2.42 bits per heavy atom. The summed E-state index contributed by atoms with van der Waals surface area (Å²) >= 11 is 0. The molecule has 0 heterocycles. The third kappa shape index (κ3) is 5.50. The zero-order chi connectivity index (χ0) is 17.4. The predicted molar refractivity (Wildman–Crippen MR) is 88.6 cm³/mol. The molecule has 0 N–H and O–H groups in total. The third-order valence-electron chi connectivity index (χ3n) is 3.54. The molecule has 0 unspecified atom stereocenters. The molecule has 0 fully saturated rings. The second kappa shape index (κ2) is 8.82. The fourth-order valence-corrected chi connectivity index (χ4v) is 2.28. The summed E-state index contributed by atoms with van der Waals surface area (Å²) in [5.74, 6) is -1.09. The lowest BCUT2D eigenvalue weighted by Gasteiger charge is -2.21. The van der Waals surface area contributed by atoms with Gasteiger partial charge in [-0.2, -0.15) is 0 Å². The highest BCUT2D eigenvalue weighted by Crippen LogP contribution is 2.08. The predicted octanol–water partition coefficient (Wildman–Crippen LogP) is 2.96. The zero-order valence-electron chi connectivity index (χ0n) is 13.6. The number of amides is 1. The van der Waals surface area contributed by atoms with Crippen molar-refractivity contribution in [3.05, 3.63) is 71.5 Å². The van der Waals surface area contributed by atoms with Gasteiger partial charge in [0.15, 0.2) is 6.61 Å². The molecule has 2 rings (SSSR count). The standard InChI is InChI=1S/C19H20FNO3/c1-2-21(13-16-9-6-10-17(20)11-16)18(22)14-24-19(23)12-15-7-4-3-5-8-15/h3-11H,2,12-14H2,1H3. The first-order chi connectivity index (χ1) is 11.6. The molecule has 5 heteroatoms. The van der Waals surface area contributed by atoms with E-state index in [1.807, 2.05) is 37.3 Å². The smallest absolute Gasteiger partial charge is 0.310 e. The molecular formula is C19H20FNO3. The molecule has 4 nitrogen and oxygen atoms in total. The van der Waals surface area contributed by atoms with E-state index < -0.39 is 5.97 Å². The van der Waals surface area contributed by atoms with E-state index in [4.69, 9.17) is 4.74 Å². The minimum atomic E-state index is -0.448. The highest BCUT2D eigenvalue weighted by molar-refractivity contribution is 5.81. The van der Waals surface area contributed by atoms with E-state index in [1.54, 1.807) is 12.1 Å². The van der Waals surface area contributed by atoms with Crippen LogP contribution in [0, 0.1) is 5.82 Å². The molecule has 0 aliphatic heterocycles. The summed E-state index contributed by atoms with van der Waals surface area (Å²) in [5.41, 5.74) is 1.53. The normalized spacial score (nSPS) is 10.2. The number of ether oxygens (including phenoxy) is 1. The molecule has 126 valence electrons. The molecule has 2 aromatic rings. The molecule has 2 aromatic carbocycles. The van der Waals surface area contributed by atoms with Gasteiger partial charge in [0, 0.05) is 13.1 Å². The van der Waals surface area contributed by atoms with Crippen LogP contribution >= 0.6 is 0 Å². The van der Waals surface area contributed by atoms with E-state index in [2.05, 4.69) is 0 Å². The molecule has 24 heavy (non-hydrogen) atoms. The molecule has 0 aliphatic rings. The van der Waals surface area contributed by atoms with Crippen LogP contribution in [0.25, 0.3) is 0 Å². The molecule has 0 spiro atoms. The van der Waals surface area contributed by atoms with E-state index in [9.17, 15) is 14.0 Å². The van der Waals surface area contributed by atoms with Gasteiger partial charge in [-0.3, -0.25) is 9.59 Å². The summed E-state index contributed by atoms with van der Waals surface area (Å²) in [7, 11) is 0. The Morgan fingerprint density at radius 1 is 1.04 bits per heavy atom. The van der Waals surface area contributed by atoms with Crippen LogP contribution in [0.3, 0.4) is 0 Å². The number of hydrogen-bond donors (Lipinski definition) is 0. The quantitative estimate of drug-likeness (QED) is 0.734. The highest BCUT2D eigenvalue weighted by atomic mass is 19.1. The Hall–Kier alpha value is -2.69. The molecule has 0 saturated carbocycles. The molecule has 0 aliphatic carbocycles. The van der Waals surface area contributed by atoms with Crippen LogP contribution in [-0.2, 0) is 27.3 Å². The minimum absolute atomic E-state index is 0.129. The Balaban J connectivity index is 1.84. The molecule has 0 atom stereocenters. The SMILES string of the molecule is CCN(Cc1cccc(F)c1)C(=O)COC(=O)Cc1ccccc1. The maximum absolute atomic E-state index is 13.2. The summed E-state index contributed by atoms with van der Waals surface area (Å²) in [6.07, 6.45) is 0.129. The van der Waals surface area contributed by atoms with E-state index in [0.29, 0.717) is 12.1 Å². The minimum Gasteiger partial charge on any atom is -0.455 e. The van der Waals surface area contributed by atoms with Crippen LogP contribution in [0.2, 0.25) is 0 Å². The van der Waals surface area contributed by atoms with Gasteiger partial charge in [0.25, 0.3) is 5.91 Å². The van der Waals surface area contributed by atoms with Crippen molar-refractivity contribution in [1.82, 2.24) is 4.90 Å². The van der Waals surface area contributed by atoms with Gasteiger partial charge in [0.2, 0.25) is 0 Å². The molecule has 0 radical (unpaired) electrons. The van der Waals surface area contributed by atoms with Crippen LogP contribution in [0.4, 0.5) is 4.39 Å². The number of hydrogen-bond acceptors (Lipinski definition) is 3. The van der Waals surface area contributed by atoms with Crippen LogP contribution < -0.4 is 0 Å². The summed E-state index contributed by atoms with van der Waals surface area (Å²) in [6.45, 7) is 2.24. The number of nitrogens with zero attached hydrogens (tertiary/aromatic N) is 1. The average Bonchev–Trinajstić information content (AvgIpc) is 2.58. The topological polar surface area (TPSA) is 46.6 Å². The number of rotatable bonds is 7. The van der Waals surface area contributed by atoms with Gasteiger partial charge in [0.1, 0.15) is 5.82 Å². The largest absolute Gasteiger partial charge is 0.455 e.